The van der Waals surface area contributed by atoms with Crippen molar-refractivity contribution in [2.45, 2.75) is 16.0 Å². The number of fused-ring (bicyclic) bond motifs is 3. The van der Waals surface area contributed by atoms with Crippen molar-refractivity contribution in [1.82, 2.24) is 0 Å². The van der Waals surface area contributed by atoms with E-state index in [0.29, 0.717) is 0 Å². The first-order valence-electron chi connectivity index (χ1n) is 6.94. The molecule has 96 valence electrons. The van der Waals surface area contributed by atoms with Crippen LogP contribution in [-0.4, -0.2) is 43.3 Å². The number of nitrogens with two attached hydrogens (primary N) is 1. The van der Waals surface area contributed by atoms with Gasteiger partial charge >= 0.3 is 0 Å². The Hall–Kier alpha value is -0.795. The van der Waals surface area contributed by atoms with E-state index < -0.39 is 10.8 Å². The third-order valence-electron chi connectivity index (χ3n) is 5.62. The summed E-state index contributed by atoms with van der Waals surface area (Å²) in [4.78, 5) is 12.9. The highest BCUT2D eigenvalue weighted by Gasteiger charge is 2.69. The summed E-state index contributed by atoms with van der Waals surface area (Å²) in [5.74, 6) is -0.00470. The highest BCUT2D eigenvalue weighted by Crippen LogP contribution is 2.64. The van der Waals surface area contributed by atoms with E-state index in [2.05, 4.69) is 15.7 Å². The summed E-state index contributed by atoms with van der Waals surface area (Å²) in [6.45, 7) is 0. The Kier molecular flexibility index (Phi) is 2.76. The molecule has 1 aliphatic heterocycles. The lowest BCUT2D eigenvalue weighted by Crippen LogP contribution is -2.62. The summed E-state index contributed by atoms with van der Waals surface area (Å²) >= 11 is 6.78. The van der Waals surface area contributed by atoms with Crippen LogP contribution in [0.5, 0.6) is 0 Å². The van der Waals surface area contributed by atoms with Crippen molar-refractivity contribution in [2.75, 3.05) is 0 Å². The molecular formula is C12H15B5ClNO. The van der Waals surface area contributed by atoms with Gasteiger partial charge in [0.2, 0.25) is 0 Å². The van der Waals surface area contributed by atoms with E-state index in [1.807, 2.05) is 46.0 Å². The number of carbonyl (C=O) groups is 1. The standard InChI is InChI=1S/C12H15B5ClNO/c13-7-5-10(14,15)12(16)11(19,9(7)20)6-3-1-2-4-8(6)17(12)18/h1-5H,13-16,19H2. The highest BCUT2D eigenvalue weighted by molar-refractivity contribution is 7.20. The number of hydrogen-bond donors (Lipinski definition) is 1. The fourth-order valence-corrected chi connectivity index (χ4v) is 4.77. The van der Waals surface area contributed by atoms with Crippen LogP contribution in [0.15, 0.2) is 35.8 Å². The lowest BCUT2D eigenvalue weighted by Gasteiger charge is -2.54. The molecule has 2 aliphatic rings. The van der Waals surface area contributed by atoms with Gasteiger partial charge in [-0.1, -0.05) is 41.0 Å². The lowest BCUT2D eigenvalue weighted by molar-refractivity contribution is -0.121. The van der Waals surface area contributed by atoms with Gasteiger partial charge < -0.3 is 5.73 Å². The summed E-state index contributed by atoms with van der Waals surface area (Å²) in [5, 5.41) is -0.799. The number of Topliss-reactive ketones (excluding diaryl/α,β-unsaturated/α-hetero) is 1. The van der Waals surface area contributed by atoms with E-state index in [0.717, 1.165) is 16.5 Å². The Balaban J connectivity index is 2.42. The molecule has 2 nitrogen and oxygen atoms in total. The Bertz CT molecular complexity index is 663. The first kappa shape index (κ1) is 14.2. The molecule has 0 spiro atoms. The first-order chi connectivity index (χ1) is 9.18. The van der Waals surface area contributed by atoms with Crippen molar-refractivity contribution in [3.8, 4) is 0 Å². The number of hydrogen-bond acceptors (Lipinski definition) is 2. The van der Waals surface area contributed by atoms with Crippen LogP contribution in [0.25, 0.3) is 0 Å². The fourth-order valence-electron chi connectivity index (χ4n) is 4.13. The molecule has 2 N–H and O–H groups in total. The van der Waals surface area contributed by atoms with Crippen molar-refractivity contribution in [1.29, 1.82) is 0 Å². The van der Waals surface area contributed by atoms with Gasteiger partial charge in [0.15, 0.2) is 5.78 Å². The van der Waals surface area contributed by atoms with Gasteiger partial charge in [0.25, 0.3) is 6.13 Å². The zero-order valence-corrected chi connectivity index (χ0v) is 13.1. The predicted molar refractivity (Wildman–Crippen MR) is 96.2 cm³/mol. The number of benzene rings is 1. The smallest absolute Gasteiger partial charge is 0.283 e. The van der Waals surface area contributed by atoms with Gasteiger partial charge in [-0.25, -0.2) is 0 Å². The molecule has 2 atom stereocenters. The quantitative estimate of drug-likeness (QED) is 0.518. The van der Waals surface area contributed by atoms with Gasteiger partial charge in [-0.2, -0.15) is 11.5 Å². The van der Waals surface area contributed by atoms with Crippen LogP contribution in [0.3, 0.4) is 0 Å². The van der Waals surface area contributed by atoms with Crippen LogP contribution in [0.4, 0.5) is 0 Å². The maximum Gasteiger partial charge on any atom is 0.283 e. The maximum atomic E-state index is 12.9. The number of halogens is 1. The van der Waals surface area contributed by atoms with Gasteiger partial charge in [0.1, 0.15) is 31.4 Å². The summed E-state index contributed by atoms with van der Waals surface area (Å²) in [6, 6.07) is 7.82. The van der Waals surface area contributed by atoms with Crippen LogP contribution in [0.1, 0.15) is 5.56 Å². The lowest BCUT2D eigenvalue weighted by atomic mass is 9.19. The topological polar surface area (TPSA) is 43.1 Å². The van der Waals surface area contributed by atoms with Crippen molar-refractivity contribution in [2.24, 2.45) is 5.73 Å². The fraction of sp³-hybridized carbons (Fsp3) is 0.250. The normalized spacial score (nSPS) is 34.4. The molecule has 0 amide bonds. The molecule has 3 rings (SSSR count). The third-order valence-corrected chi connectivity index (χ3v) is 6.29. The number of carbonyl (C=O) groups excluding carboxylic acids is 1. The van der Waals surface area contributed by atoms with Crippen LogP contribution in [0, 0.1) is 0 Å². The van der Waals surface area contributed by atoms with Crippen LogP contribution >= 0.6 is 11.5 Å². The molecular weight excluding hydrogens is 264 g/mol. The summed E-state index contributed by atoms with van der Waals surface area (Å²) in [6.07, 6.45) is 1.76. The van der Waals surface area contributed by atoms with E-state index >= 15 is 0 Å². The minimum Gasteiger partial charge on any atom is -0.316 e. The molecule has 1 aliphatic carbocycles. The Morgan fingerprint density at radius 1 is 1.20 bits per heavy atom. The molecule has 0 bridgehead atoms. The Morgan fingerprint density at radius 3 is 2.45 bits per heavy atom. The molecule has 2 unspecified atom stereocenters. The average Bonchev–Trinajstić information content (AvgIpc) is 2.59. The second kappa shape index (κ2) is 3.89. The van der Waals surface area contributed by atoms with Crippen molar-refractivity contribution < 1.29 is 4.79 Å². The molecule has 1 aromatic carbocycles. The molecule has 0 aromatic heterocycles. The molecule has 0 saturated carbocycles. The van der Waals surface area contributed by atoms with Crippen LogP contribution in [0.2, 0.25) is 10.4 Å². The zero-order chi connectivity index (χ0) is 14.9. The second-order valence-corrected chi connectivity index (χ2v) is 7.27. The largest absolute Gasteiger partial charge is 0.316 e. The molecule has 1 heterocycles. The van der Waals surface area contributed by atoms with Crippen molar-refractivity contribution >= 4 is 60.2 Å². The summed E-state index contributed by atoms with van der Waals surface area (Å²) in [5.41, 5.74) is 8.30. The van der Waals surface area contributed by atoms with Gasteiger partial charge in [0.05, 0.1) is 5.54 Å². The van der Waals surface area contributed by atoms with E-state index in [4.69, 9.17) is 17.2 Å². The van der Waals surface area contributed by atoms with Crippen molar-refractivity contribution in [3.05, 3.63) is 41.4 Å². The maximum absolute atomic E-state index is 12.9. The molecule has 0 radical (unpaired) electrons. The van der Waals surface area contributed by atoms with E-state index in [-0.39, 0.29) is 17.1 Å². The molecule has 20 heavy (non-hydrogen) atoms. The minimum absolute atomic E-state index is 0.00470. The number of rotatable bonds is 0. The average molecular weight is 279 g/mol. The second-order valence-electron chi connectivity index (χ2n) is 6.84. The number of allylic oxidation sites excluding steroid dienone is 1. The minimum atomic E-state index is -1.04. The van der Waals surface area contributed by atoms with E-state index in [9.17, 15) is 4.79 Å². The van der Waals surface area contributed by atoms with Crippen LogP contribution < -0.4 is 11.2 Å². The Labute approximate surface area is 128 Å². The molecule has 1 aromatic rings. The summed E-state index contributed by atoms with van der Waals surface area (Å²) < 4.78 is 0. The van der Waals surface area contributed by atoms with Gasteiger partial charge in [0, 0.05) is 0 Å². The monoisotopic (exact) mass is 279 g/mol. The van der Waals surface area contributed by atoms with E-state index in [1.165, 1.54) is 0 Å². The molecule has 0 saturated heterocycles. The van der Waals surface area contributed by atoms with Gasteiger partial charge in [-0.3, -0.25) is 4.79 Å². The molecule has 8 heteroatoms. The van der Waals surface area contributed by atoms with Crippen LogP contribution in [-0.2, 0) is 10.3 Å². The summed E-state index contributed by atoms with van der Waals surface area (Å²) in [7, 11) is 8.13. The van der Waals surface area contributed by atoms with E-state index in [1.54, 1.807) is 0 Å². The third kappa shape index (κ3) is 1.29. The van der Waals surface area contributed by atoms with Crippen molar-refractivity contribution in [3.63, 3.8) is 0 Å². The molecule has 0 fully saturated rings. The first-order valence-corrected chi connectivity index (χ1v) is 7.38. The highest BCUT2D eigenvalue weighted by atomic mass is 35.5. The number of ketones is 1. The zero-order valence-electron chi connectivity index (χ0n) is 12.3. The predicted octanol–water partition coefficient (Wildman–Crippen LogP) is -2.90. The van der Waals surface area contributed by atoms with Gasteiger partial charge in [-0.05, 0) is 16.2 Å². The Morgan fingerprint density at radius 2 is 1.80 bits per heavy atom. The SMILES string of the molecule is BC1=CC(B)(B)C2(B)B(Cl)c3ccccc3C2(N)C1=O. The van der Waals surface area contributed by atoms with Gasteiger partial charge in [-0.15, -0.1) is 0 Å².